The van der Waals surface area contributed by atoms with Crippen LogP contribution in [0.15, 0.2) is 42.6 Å². The molecule has 33 heavy (non-hydrogen) atoms. The van der Waals surface area contributed by atoms with Crippen LogP contribution in [0.25, 0.3) is 0 Å². The van der Waals surface area contributed by atoms with Gasteiger partial charge in [-0.3, -0.25) is 9.88 Å². The molecule has 5 heteroatoms. The second-order valence-corrected chi connectivity index (χ2v) is 10.9. The minimum atomic E-state index is -0.681. The Labute approximate surface area is 197 Å². The normalized spacial score (nSPS) is 32.0. The standard InChI is InChI=1S/C28H37N3O2/c1-33-24-9-8-22-17-26-28(32)11-4-14-30(15-10-23-5-2-3-13-29-23)20-27(28,25(22)18-24)12-16-31(26)19-21-6-7-21/h2-3,5,8-9,13,18,21,26,32H,4,6-7,10-12,14-17,19-20H2,1H3/t26-,27-,28-/m1/s1. The summed E-state index contributed by atoms with van der Waals surface area (Å²) < 4.78 is 5.66. The van der Waals surface area contributed by atoms with E-state index in [9.17, 15) is 5.11 Å². The SMILES string of the molecule is COc1ccc2c(c1)[C@]13CCN(CC4CC4)[C@H](C2)[C@]1(O)CCCN(CCc1ccccn1)C3. The molecule has 3 heterocycles. The van der Waals surface area contributed by atoms with E-state index in [1.54, 1.807) is 7.11 Å². The van der Waals surface area contributed by atoms with Crippen molar-refractivity contribution < 1.29 is 9.84 Å². The fourth-order valence-electron chi connectivity index (χ4n) is 7.11. The zero-order chi connectivity index (χ0) is 22.5. The number of methoxy groups -OCH3 is 1. The lowest BCUT2D eigenvalue weighted by atomic mass is 9.53. The Balaban J connectivity index is 1.36. The Bertz CT molecular complexity index is 994. The molecule has 3 atom stereocenters. The first kappa shape index (κ1) is 21.6. The maximum atomic E-state index is 12.6. The predicted molar refractivity (Wildman–Crippen MR) is 130 cm³/mol. The Kier molecular flexibility index (Phi) is 5.47. The van der Waals surface area contributed by atoms with Gasteiger partial charge in [-0.2, -0.15) is 0 Å². The minimum Gasteiger partial charge on any atom is -0.497 e. The summed E-state index contributed by atoms with van der Waals surface area (Å²) in [7, 11) is 1.75. The van der Waals surface area contributed by atoms with Crippen molar-refractivity contribution in [2.45, 2.75) is 62.0 Å². The molecule has 0 radical (unpaired) electrons. The van der Waals surface area contributed by atoms with Gasteiger partial charge in [-0.15, -0.1) is 0 Å². The van der Waals surface area contributed by atoms with Gasteiger partial charge in [0.25, 0.3) is 0 Å². The molecule has 2 aliphatic carbocycles. The van der Waals surface area contributed by atoms with E-state index in [4.69, 9.17) is 4.74 Å². The summed E-state index contributed by atoms with van der Waals surface area (Å²) >= 11 is 0. The third-order valence-electron chi connectivity index (χ3n) is 9.02. The molecule has 4 aliphatic rings. The first-order valence-corrected chi connectivity index (χ1v) is 12.9. The molecule has 1 saturated carbocycles. The molecule has 3 fully saturated rings. The number of rotatable bonds is 6. The van der Waals surface area contributed by atoms with Crippen LogP contribution in [0.3, 0.4) is 0 Å². The minimum absolute atomic E-state index is 0.225. The van der Waals surface area contributed by atoms with Crippen LogP contribution in [-0.2, 0) is 18.3 Å². The highest BCUT2D eigenvalue weighted by Crippen LogP contribution is 2.55. The van der Waals surface area contributed by atoms with Gasteiger partial charge in [-0.25, -0.2) is 0 Å². The van der Waals surface area contributed by atoms with Crippen LogP contribution in [0.2, 0.25) is 0 Å². The van der Waals surface area contributed by atoms with Gasteiger partial charge < -0.3 is 14.7 Å². The highest BCUT2D eigenvalue weighted by molar-refractivity contribution is 5.48. The van der Waals surface area contributed by atoms with E-state index >= 15 is 0 Å². The number of pyridine rings is 1. The van der Waals surface area contributed by atoms with Crippen LogP contribution in [-0.4, -0.2) is 71.4 Å². The van der Waals surface area contributed by atoms with Gasteiger partial charge in [0, 0.05) is 49.4 Å². The molecule has 1 aromatic heterocycles. The van der Waals surface area contributed by atoms with Crippen molar-refractivity contribution >= 4 is 0 Å². The number of likely N-dealkylation sites (tertiary alicyclic amines) is 2. The largest absolute Gasteiger partial charge is 0.497 e. The Hall–Kier alpha value is -1.95. The molecule has 0 amide bonds. The molecule has 0 unspecified atom stereocenters. The summed E-state index contributed by atoms with van der Waals surface area (Å²) in [5.74, 6) is 1.76. The number of ether oxygens (including phenoxy) is 1. The van der Waals surface area contributed by atoms with Crippen molar-refractivity contribution in [3.05, 3.63) is 59.4 Å². The van der Waals surface area contributed by atoms with Crippen molar-refractivity contribution in [3.8, 4) is 5.75 Å². The lowest BCUT2D eigenvalue weighted by molar-refractivity contribution is -0.151. The number of aromatic nitrogens is 1. The van der Waals surface area contributed by atoms with E-state index in [0.29, 0.717) is 0 Å². The van der Waals surface area contributed by atoms with E-state index in [1.165, 1.54) is 24.0 Å². The topological polar surface area (TPSA) is 48.8 Å². The number of aliphatic hydroxyl groups is 1. The molecule has 2 aromatic rings. The van der Waals surface area contributed by atoms with Crippen molar-refractivity contribution in [1.82, 2.24) is 14.8 Å². The second kappa shape index (κ2) is 8.37. The highest BCUT2D eigenvalue weighted by atomic mass is 16.5. The average Bonchev–Trinajstić information content (AvgIpc) is 3.66. The number of fused-ring (bicyclic) bond motifs is 1. The van der Waals surface area contributed by atoms with Crippen LogP contribution in [0, 0.1) is 5.92 Å². The highest BCUT2D eigenvalue weighted by Gasteiger charge is 2.63. The van der Waals surface area contributed by atoms with Gasteiger partial charge >= 0.3 is 0 Å². The zero-order valence-electron chi connectivity index (χ0n) is 19.9. The molecule has 1 N–H and O–H groups in total. The van der Waals surface area contributed by atoms with Crippen molar-refractivity contribution in [2.24, 2.45) is 5.92 Å². The van der Waals surface area contributed by atoms with Crippen molar-refractivity contribution in [2.75, 3.05) is 39.8 Å². The predicted octanol–water partition coefficient (Wildman–Crippen LogP) is 3.44. The number of benzene rings is 1. The van der Waals surface area contributed by atoms with Gasteiger partial charge in [0.1, 0.15) is 5.75 Å². The number of nitrogens with zero attached hydrogens (tertiary/aromatic N) is 3. The van der Waals surface area contributed by atoms with Gasteiger partial charge in [-0.1, -0.05) is 12.1 Å². The van der Waals surface area contributed by atoms with E-state index in [-0.39, 0.29) is 11.5 Å². The molecule has 6 rings (SSSR count). The fraction of sp³-hybridized carbons (Fsp3) is 0.607. The molecule has 5 nitrogen and oxygen atoms in total. The summed E-state index contributed by atoms with van der Waals surface area (Å²) in [6.45, 7) is 5.21. The van der Waals surface area contributed by atoms with Crippen LogP contribution in [0.5, 0.6) is 5.75 Å². The molecular formula is C28H37N3O2. The average molecular weight is 448 g/mol. The fourth-order valence-corrected chi connectivity index (χ4v) is 7.11. The van der Waals surface area contributed by atoms with E-state index in [2.05, 4.69) is 45.1 Å². The summed E-state index contributed by atoms with van der Waals surface area (Å²) in [4.78, 5) is 9.81. The van der Waals surface area contributed by atoms with Crippen LogP contribution in [0.4, 0.5) is 0 Å². The van der Waals surface area contributed by atoms with E-state index in [1.807, 2.05) is 12.3 Å². The first-order chi connectivity index (χ1) is 16.1. The van der Waals surface area contributed by atoms with Crippen LogP contribution in [0.1, 0.15) is 48.9 Å². The summed E-state index contributed by atoms with van der Waals surface area (Å²) in [6.07, 6.45) is 9.48. The third kappa shape index (κ3) is 3.69. The van der Waals surface area contributed by atoms with Gasteiger partial charge in [0.05, 0.1) is 12.7 Å². The Morgan fingerprint density at radius 3 is 2.85 bits per heavy atom. The Morgan fingerprint density at radius 2 is 2.06 bits per heavy atom. The Morgan fingerprint density at radius 1 is 1.15 bits per heavy atom. The van der Waals surface area contributed by atoms with Gasteiger partial charge in [0.15, 0.2) is 0 Å². The maximum Gasteiger partial charge on any atom is 0.119 e. The smallest absolute Gasteiger partial charge is 0.119 e. The number of hydrogen-bond donors (Lipinski definition) is 1. The monoisotopic (exact) mass is 447 g/mol. The maximum absolute atomic E-state index is 12.6. The lowest BCUT2D eigenvalue weighted by Gasteiger charge is -2.62. The summed E-state index contributed by atoms with van der Waals surface area (Å²) in [5.41, 5.74) is 2.99. The van der Waals surface area contributed by atoms with Crippen LogP contribution < -0.4 is 4.74 Å². The molecule has 2 saturated heterocycles. The van der Waals surface area contributed by atoms with Gasteiger partial charge in [-0.05, 0) is 92.9 Å². The summed E-state index contributed by atoms with van der Waals surface area (Å²) in [6, 6.07) is 13.0. The molecular weight excluding hydrogens is 410 g/mol. The van der Waals surface area contributed by atoms with Crippen molar-refractivity contribution in [1.29, 1.82) is 0 Å². The molecule has 176 valence electrons. The van der Waals surface area contributed by atoms with Gasteiger partial charge in [0.2, 0.25) is 0 Å². The zero-order valence-corrected chi connectivity index (χ0v) is 19.9. The summed E-state index contributed by atoms with van der Waals surface area (Å²) in [5, 5.41) is 12.6. The van der Waals surface area contributed by atoms with E-state index < -0.39 is 5.60 Å². The van der Waals surface area contributed by atoms with E-state index in [0.717, 1.165) is 82.2 Å². The third-order valence-corrected chi connectivity index (χ3v) is 9.02. The molecule has 2 aliphatic heterocycles. The molecule has 1 aromatic carbocycles. The quantitative estimate of drug-likeness (QED) is 0.735. The van der Waals surface area contributed by atoms with Crippen LogP contribution >= 0.6 is 0 Å². The van der Waals surface area contributed by atoms with Crippen molar-refractivity contribution in [3.63, 3.8) is 0 Å². The number of hydrogen-bond acceptors (Lipinski definition) is 5. The first-order valence-electron chi connectivity index (χ1n) is 12.9. The second-order valence-electron chi connectivity index (χ2n) is 10.9. The molecule has 0 spiro atoms. The lowest BCUT2D eigenvalue weighted by Crippen LogP contribution is -2.73. The number of piperidine rings is 1. The molecule has 2 bridgehead atoms.